The van der Waals surface area contributed by atoms with Gasteiger partial charge in [0, 0.05) is 40.6 Å². The van der Waals surface area contributed by atoms with Gasteiger partial charge in [-0.1, -0.05) is 12.1 Å². The van der Waals surface area contributed by atoms with Crippen LogP contribution in [0.15, 0.2) is 54.5 Å². The highest BCUT2D eigenvalue weighted by atomic mass is 19.4. The summed E-state index contributed by atoms with van der Waals surface area (Å²) in [4.78, 5) is 12.9. The molecule has 0 aliphatic heterocycles. The molecular weight excluding hydrogens is 462 g/mol. The van der Waals surface area contributed by atoms with E-state index < -0.39 is 34.8 Å². The zero-order chi connectivity index (χ0) is 25.4. The van der Waals surface area contributed by atoms with Gasteiger partial charge in [-0.25, -0.2) is 14.4 Å². The Kier molecular flexibility index (Phi) is 6.67. The van der Waals surface area contributed by atoms with Gasteiger partial charge in [0.25, 0.3) is 0 Å². The smallest absolute Gasteiger partial charge is 0.360 e. The lowest BCUT2D eigenvalue weighted by Crippen LogP contribution is -2.57. The average Bonchev–Trinajstić information content (AvgIpc) is 3.24. The normalized spacial score (nSPS) is 20.5. The number of alkyl halides is 3. The van der Waals surface area contributed by atoms with E-state index in [-0.39, 0.29) is 16.9 Å². The molecule has 5 N–H and O–H groups in total. The van der Waals surface area contributed by atoms with Gasteiger partial charge in [0.2, 0.25) is 5.95 Å². The molecule has 35 heavy (non-hydrogen) atoms. The van der Waals surface area contributed by atoms with E-state index in [4.69, 9.17) is 5.73 Å². The monoisotopic (exact) mass is 489 g/mol. The van der Waals surface area contributed by atoms with Crippen molar-refractivity contribution in [3.8, 4) is 11.3 Å². The van der Waals surface area contributed by atoms with Crippen LogP contribution in [0.1, 0.15) is 12.0 Å². The number of nitrogens with two attached hydrogens (primary N) is 1. The molecule has 1 aromatic carbocycles. The zero-order valence-corrected chi connectivity index (χ0v) is 19.5. The van der Waals surface area contributed by atoms with Crippen molar-refractivity contribution < 1.29 is 17.6 Å². The summed E-state index contributed by atoms with van der Waals surface area (Å²) < 4.78 is 55.9. The fourth-order valence-corrected chi connectivity index (χ4v) is 4.18. The van der Waals surface area contributed by atoms with Gasteiger partial charge in [-0.3, -0.25) is 0 Å². The average molecular weight is 490 g/mol. The molecule has 0 amide bonds. The summed E-state index contributed by atoms with van der Waals surface area (Å²) in [6, 6.07) is 3.84. The number of aromatic nitrogens is 3. The highest BCUT2D eigenvalue weighted by molar-refractivity contribution is 5.96. The number of H-pyrrole nitrogens is 1. The highest BCUT2D eigenvalue weighted by Crippen LogP contribution is 2.39. The molecule has 1 aliphatic carbocycles. The van der Waals surface area contributed by atoms with E-state index in [0.29, 0.717) is 17.4 Å². The Morgan fingerprint density at radius 1 is 1.26 bits per heavy atom. The summed E-state index contributed by atoms with van der Waals surface area (Å²) in [5.41, 5.74) is 5.40. The first-order chi connectivity index (χ1) is 16.5. The number of halogens is 4. The van der Waals surface area contributed by atoms with Gasteiger partial charge in [-0.2, -0.15) is 13.2 Å². The number of nitrogens with zero attached hydrogens (tertiary/aromatic N) is 3. The first-order valence-electron chi connectivity index (χ1n) is 11.0. The van der Waals surface area contributed by atoms with Gasteiger partial charge < -0.3 is 26.3 Å². The fourth-order valence-electron chi connectivity index (χ4n) is 4.18. The predicted molar refractivity (Wildman–Crippen MR) is 128 cm³/mol. The number of nitrogens with one attached hydrogen (secondary N) is 3. The maximum absolute atomic E-state index is 14.5. The molecule has 7 nitrogen and oxygen atoms in total. The third-order valence-corrected chi connectivity index (χ3v) is 6.21. The third kappa shape index (κ3) is 4.93. The summed E-state index contributed by atoms with van der Waals surface area (Å²) in [6.45, 7) is 0.808. The summed E-state index contributed by atoms with van der Waals surface area (Å²) in [6.07, 6.45) is 3.55. The molecule has 0 fully saturated rings. The number of fused-ring (bicyclic) bond motifs is 1. The highest BCUT2D eigenvalue weighted by Gasteiger charge is 2.37. The number of hydrogen-bond donors (Lipinski definition) is 4. The summed E-state index contributed by atoms with van der Waals surface area (Å²) in [7, 11) is 5.78. The van der Waals surface area contributed by atoms with E-state index in [1.807, 2.05) is 27.2 Å². The van der Waals surface area contributed by atoms with E-state index in [0.717, 1.165) is 13.0 Å². The molecule has 0 saturated carbocycles. The number of rotatable bonds is 7. The van der Waals surface area contributed by atoms with Crippen LogP contribution in [0.2, 0.25) is 0 Å². The third-order valence-electron chi connectivity index (χ3n) is 6.21. The van der Waals surface area contributed by atoms with Gasteiger partial charge in [-0.15, -0.1) is 0 Å². The second-order valence-corrected chi connectivity index (χ2v) is 8.77. The number of likely N-dealkylation sites (N-methyl/N-ethyl adjacent to an activating group) is 1. The molecule has 0 radical (unpaired) electrons. The van der Waals surface area contributed by atoms with Gasteiger partial charge >= 0.3 is 6.18 Å². The second-order valence-electron chi connectivity index (χ2n) is 8.77. The molecule has 0 saturated heterocycles. The van der Waals surface area contributed by atoms with Crippen LogP contribution >= 0.6 is 0 Å². The number of aromatic amines is 1. The molecule has 2 heterocycles. The van der Waals surface area contributed by atoms with Gasteiger partial charge in [0.15, 0.2) is 0 Å². The number of anilines is 1. The van der Waals surface area contributed by atoms with Crippen molar-refractivity contribution in [2.24, 2.45) is 5.73 Å². The molecule has 11 heteroatoms. The summed E-state index contributed by atoms with van der Waals surface area (Å²) >= 11 is 0. The lowest BCUT2D eigenvalue weighted by molar-refractivity contribution is -0.137. The van der Waals surface area contributed by atoms with Crippen molar-refractivity contribution >= 4 is 16.9 Å². The van der Waals surface area contributed by atoms with Gasteiger partial charge in [0.05, 0.1) is 11.2 Å². The molecule has 0 bridgehead atoms. The van der Waals surface area contributed by atoms with Crippen LogP contribution in [-0.4, -0.2) is 59.1 Å². The largest absolute Gasteiger partial charge is 0.419 e. The van der Waals surface area contributed by atoms with Crippen molar-refractivity contribution in [3.05, 3.63) is 65.9 Å². The maximum Gasteiger partial charge on any atom is 0.419 e. The Labute approximate surface area is 200 Å². The van der Waals surface area contributed by atoms with Crippen molar-refractivity contribution in [2.45, 2.75) is 24.2 Å². The van der Waals surface area contributed by atoms with E-state index >= 15 is 0 Å². The Morgan fingerprint density at radius 2 is 2.03 bits per heavy atom. The predicted octanol–water partition coefficient (Wildman–Crippen LogP) is 3.89. The maximum atomic E-state index is 14.5. The topological polar surface area (TPSA) is 94.9 Å². The molecule has 186 valence electrons. The summed E-state index contributed by atoms with van der Waals surface area (Å²) in [5, 5.41) is 6.25. The van der Waals surface area contributed by atoms with Gasteiger partial charge in [-0.05, 0) is 58.4 Å². The fraction of sp³-hybridized carbons (Fsp3) is 0.333. The summed E-state index contributed by atoms with van der Waals surface area (Å²) in [5.74, 6) is -0.711. The van der Waals surface area contributed by atoms with Crippen LogP contribution in [0, 0.1) is 5.82 Å². The van der Waals surface area contributed by atoms with Crippen LogP contribution in [-0.2, 0) is 6.18 Å². The van der Waals surface area contributed by atoms with Crippen molar-refractivity contribution in [2.75, 3.05) is 33.0 Å². The minimum atomic E-state index is -4.73. The molecule has 4 rings (SSSR count). The van der Waals surface area contributed by atoms with Crippen molar-refractivity contribution in [1.82, 2.24) is 25.2 Å². The Morgan fingerprint density at radius 3 is 2.69 bits per heavy atom. The Hall–Kier alpha value is -3.28. The van der Waals surface area contributed by atoms with Crippen LogP contribution in [0.25, 0.3) is 22.2 Å². The van der Waals surface area contributed by atoms with E-state index in [2.05, 4.69) is 30.5 Å². The van der Waals surface area contributed by atoms with E-state index in [1.54, 1.807) is 18.2 Å². The molecule has 3 aromatic rings. The van der Waals surface area contributed by atoms with Crippen LogP contribution in [0.5, 0.6) is 0 Å². The van der Waals surface area contributed by atoms with Crippen LogP contribution < -0.4 is 16.4 Å². The number of allylic oxidation sites excluding steroid dienone is 1. The lowest BCUT2D eigenvalue weighted by atomic mass is 9.83. The first kappa shape index (κ1) is 24.8. The van der Waals surface area contributed by atoms with E-state index in [1.165, 1.54) is 18.3 Å². The Bertz CT molecular complexity index is 1280. The van der Waals surface area contributed by atoms with Crippen molar-refractivity contribution in [3.63, 3.8) is 0 Å². The van der Waals surface area contributed by atoms with Crippen molar-refractivity contribution in [1.29, 1.82) is 0 Å². The Balaban J connectivity index is 1.69. The molecule has 2 aromatic heterocycles. The minimum absolute atomic E-state index is 0.00127. The van der Waals surface area contributed by atoms with Crippen LogP contribution in [0.3, 0.4) is 0 Å². The van der Waals surface area contributed by atoms with Gasteiger partial charge in [0.1, 0.15) is 11.4 Å². The lowest BCUT2D eigenvalue weighted by Gasteiger charge is -2.38. The molecule has 2 unspecified atom stereocenters. The molecule has 0 spiro atoms. The van der Waals surface area contributed by atoms with E-state index in [9.17, 15) is 17.6 Å². The zero-order valence-electron chi connectivity index (χ0n) is 19.5. The quantitative estimate of drug-likeness (QED) is 0.377. The first-order valence-corrected chi connectivity index (χ1v) is 11.0. The minimum Gasteiger partial charge on any atom is -0.360 e. The molecule has 1 aliphatic rings. The SMILES string of the molecule is CNC1(CCN(C)C)C=CC(Nc2ncc(C(F)(F)F)c(-c3c[nH]c4cccc(F)c34)n2)=CC1N. The molecule has 2 atom stereocenters. The standard InChI is InChI=1S/C24H27F4N7/c1-30-23(9-10-35(2)3)8-7-14(11-19(23)29)33-22-32-13-16(24(26,27)28)21(34-22)15-12-31-18-6-4-5-17(25)20(15)18/h4-8,11-13,19,30-31H,9-10,29H2,1-3H3,(H,32,33,34). The second kappa shape index (κ2) is 9.40. The number of hydrogen-bond acceptors (Lipinski definition) is 6. The number of benzene rings is 1. The van der Waals surface area contributed by atoms with Crippen LogP contribution in [0.4, 0.5) is 23.5 Å². The molecular formula is C24H27F4N7.